The van der Waals surface area contributed by atoms with E-state index in [1.807, 2.05) is 18.2 Å². The van der Waals surface area contributed by atoms with Crippen LogP contribution >= 0.6 is 27.5 Å². The molecule has 0 bridgehead atoms. The number of hydrogen-bond donors (Lipinski definition) is 0. The Hall–Kier alpha value is -0.540. The summed E-state index contributed by atoms with van der Waals surface area (Å²) in [5.41, 5.74) is 1.95. The van der Waals surface area contributed by atoms with Gasteiger partial charge in [-0.2, -0.15) is 0 Å². The minimum Gasteiger partial charge on any atom is -0.318 e. The molecular weight excluding hydrogens is 275 g/mol. The van der Waals surface area contributed by atoms with E-state index in [1.165, 1.54) is 0 Å². The van der Waals surface area contributed by atoms with Crippen LogP contribution in [0, 0.1) is 5.92 Å². The van der Waals surface area contributed by atoms with Gasteiger partial charge in [0.25, 0.3) is 0 Å². The predicted octanol–water partition coefficient (Wildman–Crippen LogP) is 4.11. The van der Waals surface area contributed by atoms with E-state index in [9.17, 15) is 0 Å². The summed E-state index contributed by atoms with van der Waals surface area (Å²) < 4.78 is 2.99. The van der Waals surface area contributed by atoms with Gasteiger partial charge in [-0.05, 0) is 34.0 Å². The molecule has 80 valence electrons. The lowest BCUT2D eigenvalue weighted by atomic mass is 10.2. The molecule has 2 aromatic rings. The number of aromatic nitrogens is 2. The van der Waals surface area contributed by atoms with Crippen LogP contribution in [0.1, 0.15) is 13.8 Å². The van der Waals surface area contributed by atoms with Gasteiger partial charge in [0, 0.05) is 6.54 Å². The molecule has 1 aromatic heterocycles. The van der Waals surface area contributed by atoms with Crippen molar-refractivity contribution in [2.45, 2.75) is 20.4 Å². The third kappa shape index (κ3) is 2.04. The van der Waals surface area contributed by atoms with Gasteiger partial charge in [-0.25, -0.2) is 4.98 Å². The van der Waals surface area contributed by atoms with Crippen LogP contribution < -0.4 is 0 Å². The van der Waals surface area contributed by atoms with E-state index in [-0.39, 0.29) is 0 Å². The fourth-order valence-electron chi connectivity index (χ4n) is 1.62. The van der Waals surface area contributed by atoms with Crippen molar-refractivity contribution in [3.05, 3.63) is 28.0 Å². The lowest BCUT2D eigenvalue weighted by molar-refractivity contribution is 0.526. The van der Waals surface area contributed by atoms with Crippen LogP contribution in [0.4, 0.5) is 0 Å². The summed E-state index contributed by atoms with van der Waals surface area (Å²) in [5.74, 6) is 0.581. The van der Waals surface area contributed by atoms with Crippen LogP contribution in [0.2, 0.25) is 5.02 Å². The van der Waals surface area contributed by atoms with Crippen molar-refractivity contribution in [2.75, 3.05) is 0 Å². The Morgan fingerprint density at radius 2 is 2.20 bits per heavy atom. The second-order valence-electron chi connectivity index (χ2n) is 3.99. The molecule has 0 atom stereocenters. The van der Waals surface area contributed by atoms with E-state index in [2.05, 4.69) is 39.3 Å². The minimum atomic E-state index is 0.581. The molecule has 0 saturated heterocycles. The largest absolute Gasteiger partial charge is 0.318 e. The molecule has 0 spiro atoms. The number of benzene rings is 1. The molecule has 0 aliphatic heterocycles. The first-order valence-corrected chi connectivity index (χ1v) is 6.07. The van der Waals surface area contributed by atoms with Crippen molar-refractivity contribution >= 4 is 38.6 Å². The molecule has 0 fully saturated rings. The predicted molar refractivity (Wildman–Crippen MR) is 67.3 cm³/mol. The van der Waals surface area contributed by atoms with Gasteiger partial charge >= 0.3 is 0 Å². The monoisotopic (exact) mass is 286 g/mol. The number of imidazole rings is 1. The van der Waals surface area contributed by atoms with Crippen LogP contribution in [0.15, 0.2) is 22.9 Å². The van der Waals surface area contributed by atoms with E-state index in [0.717, 1.165) is 22.3 Å². The zero-order valence-corrected chi connectivity index (χ0v) is 11.0. The molecule has 0 saturated carbocycles. The average Bonchev–Trinajstić information content (AvgIpc) is 2.45. The van der Waals surface area contributed by atoms with Gasteiger partial charge in [0.2, 0.25) is 0 Å². The Balaban J connectivity index is 2.63. The van der Waals surface area contributed by atoms with Crippen LogP contribution in [0.25, 0.3) is 11.0 Å². The highest BCUT2D eigenvalue weighted by atomic mass is 79.9. The Morgan fingerprint density at radius 3 is 2.87 bits per heavy atom. The molecule has 15 heavy (non-hydrogen) atoms. The molecule has 0 unspecified atom stereocenters. The quantitative estimate of drug-likeness (QED) is 0.813. The molecule has 0 aliphatic carbocycles. The first-order chi connectivity index (χ1) is 7.09. The van der Waals surface area contributed by atoms with Crippen molar-refractivity contribution in [2.24, 2.45) is 5.92 Å². The number of para-hydroxylation sites is 1. The lowest BCUT2D eigenvalue weighted by Crippen LogP contribution is -2.04. The highest BCUT2D eigenvalue weighted by Gasteiger charge is 2.11. The molecular formula is C11H12BrClN2. The summed E-state index contributed by atoms with van der Waals surface area (Å²) in [5, 5.41) is 0.704. The summed E-state index contributed by atoms with van der Waals surface area (Å²) in [7, 11) is 0. The summed E-state index contributed by atoms with van der Waals surface area (Å²) in [6, 6.07) is 5.86. The number of halogens is 2. The van der Waals surface area contributed by atoms with Crippen LogP contribution in [0.5, 0.6) is 0 Å². The molecule has 1 heterocycles. The van der Waals surface area contributed by atoms with Crippen molar-refractivity contribution in [1.29, 1.82) is 0 Å². The second kappa shape index (κ2) is 4.14. The van der Waals surface area contributed by atoms with Crippen molar-refractivity contribution in [1.82, 2.24) is 9.55 Å². The van der Waals surface area contributed by atoms with Gasteiger partial charge in [0.1, 0.15) is 5.52 Å². The molecule has 0 amide bonds. The normalized spacial score (nSPS) is 11.5. The van der Waals surface area contributed by atoms with Crippen molar-refractivity contribution < 1.29 is 0 Å². The second-order valence-corrected chi connectivity index (χ2v) is 5.11. The van der Waals surface area contributed by atoms with Gasteiger partial charge in [0.05, 0.1) is 10.5 Å². The maximum absolute atomic E-state index is 6.08. The fraction of sp³-hybridized carbons (Fsp3) is 0.364. The molecule has 2 nitrogen and oxygen atoms in total. The maximum Gasteiger partial charge on any atom is 0.178 e. The van der Waals surface area contributed by atoms with E-state index >= 15 is 0 Å². The van der Waals surface area contributed by atoms with Gasteiger partial charge in [-0.3, -0.25) is 0 Å². The molecule has 2 rings (SSSR count). The van der Waals surface area contributed by atoms with Crippen molar-refractivity contribution in [3.63, 3.8) is 0 Å². The molecule has 1 aromatic carbocycles. The average molecular weight is 288 g/mol. The molecule has 0 N–H and O–H groups in total. The van der Waals surface area contributed by atoms with Gasteiger partial charge < -0.3 is 4.57 Å². The Labute approximate surface area is 102 Å². The van der Waals surface area contributed by atoms with Gasteiger partial charge in [-0.15, -0.1) is 0 Å². The zero-order valence-electron chi connectivity index (χ0n) is 8.67. The number of nitrogens with zero attached hydrogens (tertiary/aromatic N) is 2. The first kappa shape index (κ1) is 11.0. The minimum absolute atomic E-state index is 0.581. The number of rotatable bonds is 2. The Kier molecular flexibility index (Phi) is 3.03. The lowest BCUT2D eigenvalue weighted by Gasteiger charge is -2.08. The Morgan fingerprint density at radius 1 is 1.47 bits per heavy atom. The molecule has 0 radical (unpaired) electrons. The van der Waals surface area contributed by atoms with E-state index < -0.39 is 0 Å². The third-order valence-corrected chi connectivity index (χ3v) is 3.14. The SMILES string of the molecule is CC(C)Cn1c(Br)nc2c(Cl)cccc21. The summed E-state index contributed by atoms with van der Waals surface area (Å²) in [6.45, 7) is 5.31. The molecule has 4 heteroatoms. The highest BCUT2D eigenvalue weighted by Crippen LogP contribution is 2.26. The van der Waals surface area contributed by atoms with Gasteiger partial charge in [0.15, 0.2) is 4.73 Å². The van der Waals surface area contributed by atoms with Crippen LogP contribution in [0.3, 0.4) is 0 Å². The van der Waals surface area contributed by atoms with E-state index in [0.29, 0.717) is 10.9 Å². The molecule has 0 aliphatic rings. The standard InChI is InChI=1S/C11H12BrClN2/c1-7(2)6-15-9-5-3-4-8(13)10(9)14-11(15)12/h3-5,7H,6H2,1-2H3. The van der Waals surface area contributed by atoms with Crippen LogP contribution in [-0.2, 0) is 6.54 Å². The summed E-state index contributed by atoms with van der Waals surface area (Å²) in [6.07, 6.45) is 0. The van der Waals surface area contributed by atoms with Gasteiger partial charge in [-0.1, -0.05) is 31.5 Å². The number of hydrogen-bond acceptors (Lipinski definition) is 1. The van der Waals surface area contributed by atoms with Crippen molar-refractivity contribution in [3.8, 4) is 0 Å². The van der Waals surface area contributed by atoms with E-state index in [1.54, 1.807) is 0 Å². The third-order valence-electron chi connectivity index (χ3n) is 2.23. The smallest absolute Gasteiger partial charge is 0.178 e. The summed E-state index contributed by atoms with van der Waals surface area (Å²) >= 11 is 9.55. The number of fused-ring (bicyclic) bond motifs is 1. The fourth-order valence-corrected chi connectivity index (χ4v) is 2.35. The Bertz CT molecular complexity index is 491. The first-order valence-electron chi connectivity index (χ1n) is 4.90. The van der Waals surface area contributed by atoms with Crippen LogP contribution in [-0.4, -0.2) is 9.55 Å². The van der Waals surface area contributed by atoms with E-state index in [4.69, 9.17) is 11.6 Å². The summed E-state index contributed by atoms with van der Waals surface area (Å²) in [4.78, 5) is 4.41. The zero-order chi connectivity index (χ0) is 11.0. The topological polar surface area (TPSA) is 17.8 Å². The highest BCUT2D eigenvalue weighted by molar-refractivity contribution is 9.10. The maximum atomic E-state index is 6.08.